The topological polar surface area (TPSA) is 57.6 Å². The molecule has 0 radical (unpaired) electrons. The molecule has 1 unspecified atom stereocenters. The van der Waals surface area contributed by atoms with Crippen LogP contribution in [-0.4, -0.2) is 35.0 Å². The number of likely N-dealkylation sites (tertiary alicyclic amines) is 1. The van der Waals surface area contributed by atoms with Crippen molar-refractivity contribution in [3.63, 3.8) is 0 Å². The van der Waals surface area contributed by atoms with Gasteiger partial charge in [-0.1, -0.05) is 15.9 Å². The molecule has 20 heavy (non-hydrogen) atoms. The van der Waals surface area contributed by atoms with Gasteiger partial charge in [0, 0.05) is 22.0 Å². The Morgan fingerprint density at radius 1 is 1.35 bits per heavy atom. The van der Waals surface area contributed by atoms with Gasteiger partial charge in [0.05, 0.1) is 11.0 Å². The summed E-state index contributed by atoms with van der Waals surface area (Å²) in [5.74, 6) is -0.971. The zero-order valence-electron chi connectivity index (χ0n) is 11.0. The second kappa shape index (κ2) is 5.85. The third kappa shape index (κ3) is 3.06. The number of benzene rings is 1. The van der Waals surface area contributed by atoms with Gasteiger partial charge in [-0.3, -0.25) is 9.59 Å². The SMILES string of the molecule is CC1(C(=O)O)CCCN(C(=O)c2ccc(Br)cc2Br)C1. The highest BCUT2D eigenvalue weighted by Crippen LogP contribution is 2.31. The molecule has 1 aliphatic rings. The van der Waals surface area contributed by atoms with E-state index in [1.54, 1.807) is 24.0 Å². The number of carboxylic acids is 1. The number of halogens is 2. The van der Waals surface area contributed by atoms with E-state index < -0.39 is 11.4 Å². The molecule has 1 aromatic rings. The quantitative estimate of drug-likeness (QED) is 0.820. The van der Waals surface area contributed by atoms with E-state index in [9.17, 15) is 14.7 Å². The lowest BCUT2D eigenvalue weighted by molar-refractivity contribution is -0.150. The Hall–Kier alpha value is -0.880. The van der Waals surface area contributed by atoms with Crippen molar-refractivity contribution in [2.45, 2.75) is 19.8 Å². The second-order valence-corrected chi connectivity index (χ2v) is 7.09. The molecule has 0 bridgehead atoms. The van der Waals surface area contributed by atoms with Crippen LogP contribution >= 0.6 is 31.9 Å². The van der Waals surface area contributed by atoms with Crippen molar-refractivity contribution in [3.05, 3.63) is 32.7 Å². The zero-order valence-corrected chi connectivity index (χ0v) is 14.2. The first-order valence-corrected chi connectivity index (χ1v) is 7.90. The third-order valence-electron chi connectivity index (χ3n) is 3.66. The molecular formula is C14H15Br2NO3. The molecule has 2 rings (SSSR count). The first-order valence-electron chi connectivity index (χ1n) is 6.31. The van der Waals surface area contributed by atoms with E-state index in [0.717, 1.165) is 4.47 Å². The molecule has 1 saturated heterocycles. The molecule has 1 N–H and O–H groups in total. The van der Waals surface area contributed by atoms with Crippen molar-refractivity contribution >= 4 is 43.7 Å². The first-order chi connectivity index (χ1) is 9.33. The fraction of sp³-hybridized carbons (Fsp3) is 0.429. The molecule has 1 heterocycles. The van der Waals surface area contributed by atoms with Crippen molar-refractivity contribution in [1.29, 1.82) is 0 Å². The first kappa shape index (κ1) is 15.5. The number of hydrogen-bond donors (Lipinski definition) is 1. The number of carboxylic acid groups (broad SMARTS) is 1. The fourth-order valence-corrected chi connectivity index (χ4v) is 3.64. The summed E-state index contributed by atoms with van der Waals surface area (Å²) in [5.41, 5.74) is -0.293. The molecule has 6 heteroatoms. The van der Waals surface area contributed by atoms with Gasteiger partial charge in [0.15, 0.2) is 0 Å². The molecule has 1 aliphatic heterocycles. The van der Waals surface area contributed by atoms with E-state index >= 15 is 0 Å². The zero-order chi connectivity index (χ0) is 14.9. The van der Waals surface area contributed by atoms with Crippen LogP contribution in [0.15, 0.2) is 27.1 Å². The van der Waals surface area contributed by atoms with Crippen LogP contribution < -0.4 is 0 Å². The van der Waals surface area contributed by atoms with Gasteiger partial charge in [0.25, 0.3) is 5.91 Å². The lowest BCUT2D eigenvalue weighted by Gasteiger charge is -2.37. The second-order valence-electron chi connectivity index (χ2n) is 5.32. The van der Waals surface area contributed by atoms with E-state index in [4.69, 9.17) is 0 Å². The molecule has 4 nitrogen and oxygen atoms in total. The van der Waals surface area contributed by atoms with Gasteiger partial charge >= 0.3 is 5.97 Å². The summed E-state index contributed by atoms with van der Waals surface area (Å²) >= 11 is 6.72. The number of carbonyl (C=O) groups excluding carboxylic acids is 1. The fourth-order valence-electron chi connectivity index (χ4n) is 2.42. The Balaban J connectivity index is 2.23. The maximum atomic E-state index is 12.5. The lowest BCUT2D eigenvalue weighted by Crippen LogP contribution is -2.48. The molecule has 0 aliphatic carbocycles. The third-order valence-corrected chi connectivity index (χ3v) is 4.81. The smallest absolute Gasteiger partial charge is 0.311 e. The molecule has 0 spiro atoms. The Morgan fingerprint density at radius 3 is 2.65 bits per heavy atom. The number of nitrogens with zero attached hydrogens (tertiary/aromatic N) is 1. The van der Waals surface area contributed by atoms with Crippen LogP contribution in [0.4, 0.5) is 0 Å². The summed E-state index contributed by atoms with van der Waals surface area (Å²) in [5, 5.41) is 9.31. The van der Waals surface area contributed by atoms with E-state index in [1.807, 2.05) is 6.07 Å². The van der Waals surface area contributed by atoms with Crippen LogP contribution in [0, 0.1) is 5.41 Å². The van der Waals surface area contributed by atoms with Crippen LogP contribution in [-0.2, 0) is 4.79 Å². The highest BCUT2D eigenvalue weighted by Gasteiger charge is 2.39. The monoisotopic (exact) mass is 403 g/mol. The molecule has 1 fully saturated rings. The van der Waals surface area contributed by atoms with Crippen LogP contribution in [0.25, 0.3) is 0 Å². The molecule has 1 aromatic carbocycles. The van der Waals surface area contributed by atoms with Crippen LogP contribution in [0.5, 0.6) is 0 Å². The molecular weight excluding hydrogens is 390 g/mol. The van der Waals surface area contributed by atoms with Crippen molar-refractivity contribution in [2.24, 2.45) is 5.41 Å². The minimum atomic E-state index is -0.851. The van der Waals surface area contributed by atoms with Crippen LogP contribution in [0.3, 0.4) is 0 Å². The number of amides is 1. The van der Waals surface area contributed by atoms with Gasteiger partial charge in [-0.05, 0) is 53.9 Å². The predicted octanol–water partition coefficient (Wildman–Crippen LogP) is 3.54. The number of aliphatic carboxylic acids is 1. The summed E-state index contributed by atoms with van der Waals surface area (Å²) in [6.07, 6.45) is 1.32. The van der Waals surface area contributed by atoms with E-state index in [0.29, 0.717) is 29.4 Å². The van der Waals surface area contributed by atoms with Gasteiger partial charge < -0.3 is 10.0 Å². The minimum Gasteiger partial charge on any atom is -0.481 e. The molecule has 108 valence electrons. The van der Waals surface area contributed by atoms with Gasteiger partial charge in [0.2, 0.25) is 0 Å². The van der Waals surface area contributed by atoms with E-state index in [-0.39, 0.29) is 12.5 Å². The Bertz CT molecular complexity index is 561. The number of piperidine rings is 1. The maximum absolute atomic E-state index is 12.5. The predicted molar refractivity (Wildman–Crippen MR) is 82.7 cm³/mol. The van der Waals surface area contributed by atoms with E-state index in [2.05, 4.69) is 31.9 Å². The number of hydrogen-bond acceptors (Lipinski definition) is 2. The van der Waals surface area contributed by atoms with Crippen molar-refractivity contribution < 1.29 is 14.7 Å². The van der Waals surface area contributed by atoms with Gasteiger partial charge in [-0.15, -0.1) is 0 Å². The summed E-state index contributed by atoms with van der Waals surface area (Å²) in [6.45, 7) is 2.55. The lowest BCUT2D eigenvalue weighted by atomic mass is 9.82. The van der Waals surface area contributed by atoms with Crippen molar-refractivity contribution in [3.8, 4) is 0 Å². The number of carbonyl (C=O) groups is 2. The molecule has 1 amide bonds. The van der Waals surface area contributed by atoms with Crippen molar-refractivity contribution in [1.82, 2.24) is 4.90 Å². The van der Waals surface area contributed by atoms with Crippen molar-refractivity contribution in [2.75, 3.05) is 13.1 Å². The largest absolute Gasteiger partial charge is 0.481 e. The highest BCUT2D eigenvalue weighted by molar-refractivity contribution is 9.11. The number of rotatable bonds is 2. The molecule has 0 aromatic heterocycles. The summed E-state index contributed by atoms with van der Waals surface area (Å²) < 4.78 is 1.59. The van der Waals surface area contributed by atoms with Gasteiger partial charge in [0.1, 0.15) is 0 Å². The molecule has 1 atom stereocenters. The Labute approximate surface area is 134 Å². The Kier molecular flexibility index (Phi) is 4.54. The normalized spacial score (nSPS) is 22.6. The average molecular weight is 405 g/mol. The Morgan fingerprint density at radius 2 is 2.05 bits per heavy atom. The summed E-state index contributed by atoms with van der Waals surface area (Å²) in [4.78, 5) is 25.5. The summed E-state index contributed by atoms with van der Waals surface area (Å²) in [6, 6.07) is 5.36. The summed E-state index contributed by atoms with van der Waals surface area (Å²) in [7, 11) is 0. The van der Waals surface area contributed by atoms with Gasteiger partial charge in [-0.2, -0.15) is 0 Å². The average Bonchev–Trinajstić information content (AvgIpc) is 2.38. The maximum Gasteiger partial charge on any atom is 0.311 e. The van der Waals surface area contributed by atoms with E-state index in [1.165, 1.54) is 0 Å². The minimum absolute atomic E-state index is 0.128. The highest BCUT2D eigenvalue weighted by atomic mass is 79.9. The molecule has 0 saturated carbocycles. The van der Waals surface area contributed by atoms with Crippen LogP contribution in [0.1, 0.15) is 30.1 Å². The van der Waals surface area contributed by atoms with Crippen LogP contribution in [0.2, 0.25) is 0 Å². The standard InChI is InChI=1S/C14H15Br2NO3/c1-14(13(19)20)5-2-6-17(8-14)12(18)10-4-3-9(15)7-11(10)16/h3-4,7H,2,5-6,8H2,1H3,(H,19,20). The van der Waals surface area contributed by atoms with Gasteiger partial charge in [-0.25, -0.2) is 0 Å².